The second-order valence-electron chi connectivity index (χ2n) is 11.1. The number of nitrogens with one attached hydrogen (secondary N) is 1. The quantitative estimate of drug-likeness (QED) is 0.0548. The Bertz CT molecular complexity index is 639. The minimum atomic E-state index is -4.30. The molecule has 3 unspecified atom stereocenters. The van der Waals surface area contributed by atoms with Gasteiger partial charge in [-0.3, -0.25) is 13.8 Å². The molecule has 1 amide bonds. The third kappa shape index (κ3) is 24.0. The second kappa shape index (κ2) is 22.1. The lowest BCUT2D eigenvalue weighted by Crippen LogP contribution is -2.45. The van der Waals surface area contributed by atoms with E-state index in [0.717, 1.165) is 44.9 Å². The fourth-order valence-corrected chi connectivity index (χ4v) is 4.54. The van der Waals surface area contributed by atoms with Crippen molar-refractivity contribution in [2.24, 2.45) is 0 Å². The highest BCUT2D eigenvalue weighted by Gasteiger charge is 2.27. The summed E-state index contributed by atoms with van der Waals surface area (Å²) < 4.78 is 23.1. The topological polar surface area (TPSA) is 105 Å². The summed E-state index contributed by atoms with van der Waals surface area (Å²) in [7, 11) is 1.56. The van der Waals surface area contributed by atoms with Gasteiger partial charge in [-0.2, -0.15) is 0 Å². The molecule has 0 heterocycles. The zero-order valence-electron chi connectivity index (χ0n) is 24.5. The Labute approximate surface area is 227 Å². The largest absolute Gasteiger partial charge is 0.472 e. The molecule has 0 spiro atoms. The van der Waals surface area contributed by atoms with Crippen LogP contribution in [-0.4, -0.2) is 73.4 Å². The van der Waals surface area contributed by atoms with Crippen LogP contribution in [0.2, 0.25) is 0 Å². The lowest BCUT2D eigenvalue weighted by Gasteiger charge is -2.25. The Balaban J connectivity index is 4.66. The van der Waals surface area contributed by atoms with Crippen LogP contribution in [-0.2, 0) is 18.4 Å². The van der Waals surface area contributed by atoms with E-state index in [9.17, 15) is 19.4 Å². The van der Waals surface area contributed by atoms with Crippen molar-refractivity contribution >= 4 is 13.7 Å². The van der Waals surface area contributed by atoms with Gasteiger partial charge in [-0.15, -0.1) is 0 Å². The number of carbonyl (C=O) groups is 1. The number of phosphoric ester groups is 1. The first-order valence-electron chi connectivity index (χ1n) is 14.6. The summed E-state index contributed by atoms with van der Waals surface area (Å²) in [4.78, 5) is 22.6. The number of allylic oxidation sites excluding steroid dienone is 1. The van der Waals surface area contributed by atoms with Gasteiger partial charge in [-0.25, -0.2) is 4.57 Å². The number of rotatable bonds is 25. The van der Waals surface area contributed by atoms with Crippen molar-refractivity contribution in [2.45, 2.75) is 122 Å². The van der Waals surface area contributed by atoms with E-state index in [1.165, 1.54) is 44.9 Å². The Hall–Kier alpha value is -0.760. The van der Waals surface area contributed by atoms with Gasteiger partial charge in [0.1, 0.15) is 13.2 Å². The van der Waals surface area contributed by atoms with Crippen LogP contribution >= 0.6 is 7.82 Å². The normalized spacial score (nSPS) is 15.5. The molecule has 0 saturated heterocycles. The van der Waals surface area contributed by atoms with Crippen molar-refractivity contribution < 1.29 is 32.9 Å². The first-order chi connectivity index (χ1) is 17.5. The molecule has 0 rings (SSSR count). The van der Waals surface area contributed by atoms with Crippen LogP contribution in [0, 0.1) is 0 Å². The van der Waals surface area contributed by atoms with Crippen molar-refractivity contribution in [1.82, 2.24) is 5.32 Å². The fourth-order valence-electron chi connectivity index (χ4n) is 3.80. The van der Waals surface area contributed by atoms with Gasteiger partial charge in [0.25, 0.3) is 0 Å². The smallest absolute Gasteiger partial charge is 0.387 e. The predicted molar refractivity (Wildman–Crippen MR) is 152 cm³/mol. The molecule has 3 N–H and O–H groups in total. The van der Waals surface area contributed by atoms with Gasteiger partial charge in [0.15, 0.2) is 0 Å². The molecule has 220 valence electrons. The van der Waals surface area contributed by atoms with Crippen LogP contribution in [0.3, 0.4) is 0 Å². The van der Waals surface area contributed by atoms with E-state index in [1.807, 2.05) is 27.2 Å². The van der Waals surface area contributed by atoms with Gasteiger partial charge in [0.2, 0.25) is 5.91 Å². The third-order valence-corrected chi connectivity index (χ3v) is 7.24. The number of hydrogen-bond donors (Lipinski definition) is 3. The van der Waals surface area contributed by atoms with Gasteiger partial charge >= 0.3 is 7.82 Å². The van der Waals surface area contributed by atoms with E-state index in [4.69, 9.17) is 9.05 Å². The molecular weight excluding hydrogens is 491 g/mol. The summed E-state index contributed by atoms with van der Waals surface area (Å²) in [5.74, 6) is -0.189. The van der Waals surface area contributed by atoms with E-state index >= 15 is 0 Å². The first kappa shape index (κ1) is 36.2. The van der Waals surface area contributed by atoms with Gasteiger partial charge in [-0.1, -0.05) is 96.6 Å². The molecule has 9 heteroatoms. The van der Waals surface area contributed by atoms with Gasteiger partial charge in [0.05, 0.1) is 39.9 Å². The fraction of sp³-hybridized carbons (Fsp3) is 0.893. The number of aliphatic hydroxyl groups excluding tert-OH is 1. The van der Waals surface area contributed by atoms with E-state index in [2.05, 4.69) is 19.2 Å². The summed E-state index contributed by atoms with van der Waals surface area (Å²) in [5, 5.41) is 13.5. The molecule has 8 nitrogen and oxygen atoms in total. The van der Waals surface area contributed by atoms with E-state index in [-0.39, 0.29) is 19.1 Å². The summed E-state index contributed by atoms with van der Waals surface area (Å²) in [5.41, 5.74) is 0. The van der Waals surface area contributed by atoms with Crippen molar-refractivity contribution in [3.63, 3.8) is 0 Å². The maximum Gasteiger partial charge on any atom is 0.472 e. The van der Waals surface area contributed by atoms with Crippen LogP contribution in [0.25, 0.3) is 0 Å². The SMILES string of the molecule is CCCCCC/C=C/C(O)C(COP(=O)(O)OCC[N+](C)(C)C)NC(=O)CCCCCCCCCCC. The molecule has 0 bridgehead atoms. The average Bonchev–Trinajstić information content (AvgIpc) is 2.81. The molecule has 0 fully saturated rings. The molecule has 37 heavy (non-hydrogen) atoms. The number of nitrogens with zero attached hydrogens (tertiary/aromatic N) is 1. The predicted octanol–water partition coefficient (Wildman–Crippen LogP) is 6.12. The van der Waals surface area contributed by atoms with Crippen molar-refractivity contribution in [1.29, 1.82) is 0 Å². The number of likely N-dealkylation sites (N-methyl/N-ethyl adjacent to an activating group) is 1. The molecule has 0 aliphatic heterocycles. The summed E-state index contributed by atoms with van der Waals surface area (Å²) in [6, 6.07) is -0.833. The van der Waals surface area contributed by atoms with Gasteiger partial charge in [-0.05, 0) is 19.3 Å². The van der Waals surface area contributed by atoms with Crippen LogP contribution < -0.4 is 5.32 Å². The molecule has 0 aliphatic carbocycles. The third-order valence-electron chi connectivity index (χ3n) is 6.26. The standard InChI is InChI=1S/C28H57N2O6P/c1-6-8-10-12-14-15-16-18-20-22-28(32)29-26(27(31)21-19-17-13-11-9-7-2)25-36-37(33,34)35-24-23-30(3,4)5/h19,21,26-27,31H,6-18,20,22-25H2,1-5H3,(H-,29,32,33,34)/p+1/b21-19+. The molecule has 0 saturated carbocycles. The minimum absolute atomic E-state index is 0.0626. The number of aliphatic hydroxyl groups is 1. The summed E-state index contributed by atoms with van der Waals surface area (Å²) in [6.07, 6.45) is 18.7. The van der Waals surface area contributed by atoms with E-state index in [1.54, 1.807) is 6.08 Å². The van der Waals surface area contributed by atoms with Crippen LogP contribution in [0.4, 0.5) is 0 Å². The minimum Gasteiger partial charge on any atom is -0.387 e. The number of hydrogen-bond acceptors (Lipinski definition) is 5. The zero-order chi connectivity index (χ0) is 28.0. The van der Waals surface area contributed by atoms with Gasteiger partial charge in [0, 0.05) is 6.42 Å². The number of phosphoric acid groups is 1. The first-order valence-corrected chi connectivity index (χ1v) is 16.1. The van der Waals surface area contributed by atoms with Crippen molar-refractivity contribution in [3.05, 3.63) is 12.2 Å². The Morgan fingerprint density at radius 1 is 0.892 bits per heavy atom. The highest BCUT2D eigenvalue weighted by atomic mass is 31.2. The lowest BCUT2D eigenvalue weighted by molar-refractivity contribution is -0.870. The zero-order valence-corrected chi connectivity index (χ0v) is 25.4. The number of unbranched alkanes of at least 4 members (excludes halogenated alkanes) is 12. The molecule has 0 aromatic heterocycles. The monoisotopic (exact) mass is 549 g/mol. The summed E-state index contributed by atoms with van der Waals surface area (Å²) >= 11 is 0. The highest BCUT2D eigenvalue weighted by Crippen LogP contribution is 2.43. The Morgan fingerprint density at radius 2 is 1.43 bits per heavy atom. The molecule has 0 aromatic carbocycles. The highest BCUT2D eigenvalue weighted by molar-refractivity contribution is 7.47. The number of amides is 1. The van der Waals surface area contributed by atoms with Crippen LogP contribution in [0.5, 0.6) is 0 Å². The van der Waals surface area contributed by atoms with Crippen LogP contribution in [0.15, 0.2) is 12.2 Å². The molecule has 0 radical (unpaired) electrons. The average molecular weight is 550 g/mol. The molecular formula is C28H58N2O6P+. The Morgan fingerprint density at radius 3 is 2.00 bits per heavy atom. The van der Waals surface area contributed by atoms with Crippen LogP contribution in [0.1, 0.15) is 110 Å². The second-order valence-corrected chi connectivity index (χ2v) is 12.6. The maximum absolute atomic E-state index is 12.6. The van der Waals surface area contributed by atoms with Gasteiger partial charge < -0.3 is 19.8 Å². The Kier molecular flexibility index (Phi) is 21.6. The van der Waals surface area contributed by atoms with Crippen molar-refractivity contribution in [2.75, 3.05) is 40.9 Å². The van der Waals surface area contributed by atoms with Crippen molar-refractivity contribution in [3.8, 4) is 0 Å². The molecule has 0 aromatic rings. The summed E-state index contributed by atoms with van der Waals surface area (Å²) in [6.45, 7) is 4.66. The molecule has 0 aliphatic rings. The molecule has 3 atom stereocenters. The number of carbonyl (C=O) groups excluding carboxylic acids is 1. The lowest BCUT2D eigenvalue weighted by atomic mass is 10.1. The number of quaternary nitrogens is 1. The van der Waals surface area contributed by atoms with E-state index in [0.29, 0.717) is 17.4 Å². The van der Waals surface area contributed by atoms with E-state index < -0.39 is 20.0 Å². The maximum atomic E-state index is 12.6.